The topological polar surface area (TPSA) is 17.1 Å². The second kappa shape index (κ2) is 3.17. The minimum Gasteiger partial charge on any atom is -0.295 e. The maximum absolute atomic E-state index is 10.0. The lowest BCUT2D eigenvalue weighted by molar-refractivity contribution is -0.112. The third kappa shape index (κ3) is 4.97. The standard InChI is InChI=1S/C6H6O/c1-3-4-5-6(2)7/h1,4-5H,2H3/b5-4-. The maximum atomic E-state index is 10.0. The van der Waals surface area contributed by atoms with Crippen LogP contribution in [0.4, 0.5) is 0 Å². The number of terminal acetylenes is 1. The Kier molecular flexibility index (Phi) is 2.70. The zero-order chi connectivity index (χ0) is 5.70. The van der Waals surface area contributed by atoms with Crippen molar-refractivity contribution in [2.75, 3.05) is 0 Å². The summed E-state index contributed by atoms with van der Waals surface area (Å²) in [4.78, 5) is 10.0. The van der Waals surface area contributed by atoms with Crippen LogP contribution in [-0.2, 0) is 4.79 Å². The van der Waals surface area contributed by atoms with Crippen molar-refractivity contribution in [2.45, 2.75) is 6.92 Å². The second-order valence-electron chi connectivity index (χ2n) is 1.11. The Labute approximate surface area is 43.0 Å². The van der Waals surface area contributed by atoms with E-state index in [9.17, 15) is 4.79 Å². The van der Waals surface area contributed by atoms with E-state index in [1.807, 2.05) is 0 Å². The van der Waals surface area contributed by atoms with Crippen molar-refractivity contribution in [2.24, 2.45) is 0 Å². The van der Waals surface area contributed by atoms with Crippen LogP contribution in [0.5, 0.6) is 0 Å². The van der Waals surface area contributed by atoms with Crippen molar-refractivity contribution >= 4 is 5.78 Å². The Morgan fingerprint density at radius 1 is 1.86 bits per heavy atom. The van der Waals surface area contributed by atoms with Crippen LogP contribution in [0, 0.1) is 12.3 Å². The zero-order valence-electron chi connectivity index (χ0n) is 4.14. The number of hydrogen-bond donors (Lipinski definition) is 0. The summed E-state index contributed by atoms with van der Waals surface area (Å²) < 4.78 is 0. The second-order valence-corrected chi connectivity index (χ2v) is 1.11. The molecule has 0 aromatic rings. The predicted molar refractivity (Wildman–Crippen MR) is 28.7 cm³/mol. The molecule has 0 unspecified atom stereocenters. The van der Waals surface area contributed by atoms with E-state index in [0.29, 0.717) is 0 Å². The Morgan fingerprint density at radius 2 is 2.43 bits per heavy atom. The molecule has 0 heterocycles. The summed E-state index contributed by atoms with van der Waals surface area (Å²) in [6.07, 6.45) is 7.51. The van der Waals surface area contributed by atoms with Crippen LogP contribution >= 0.6 is 0 Å². The normalized spacial score (nSPS) is 8.57. The van der Waals surface area contributed by atoms with Gasteiger partial charge in [0, 0.05) is 0 Å². The summed E-state index contributed by atoms with van der Waals surface area (Å²) in [7, 11) is 0. The van der Waals surface area contributed by atoms with Crippen LogP contribution in [-0.4, -0.2) is 5.78 Å². The molecule has 1 heteroatoms. The van der Waals surface area contributed by atoms with Gasteiger partial charge in [0.2, 0.25) is 0 Å². The highest BCUT2D eigenvalue weighted by Gasteiger charge is 1.74. The number of carbonyl (C=O) groups is 1. The molecule has 0 rings (SSSR count). The van der Waals surface area contributed by atoms with Gasteiger partial charge in [0.1, 0.15) is 0 Å². The van der Waals surface area contributed by atoms with Gasteiger partial charge in [-0.25, -0.2) is 0 Å². The summed E-state index contributed by atoms with van der Waals surface area (Å²) in [5.74, 6) is 2.18. The van der Waals surface area contributed by atoms with E-state index in [0.717, 1.165) is 0 Å². The molecule has 0 amide bonds. The molecule has 0 N–H and O–H groups in total. The molecule has 0 spiro atoms. The van der Waals surface area contributed by atoms with E-state index in [1.165, 1.54) is 19.1 Å². The summed E-state index contributed by atoms with van der Waals surface area (Å²) in [5.41, 5.74) is 0. The number of carbonyl (C=O) groups excluding carboxylic acids is 1. The lowest BCUT2D eigenvalue weighted by Crippen LogP contribution is -1.76. The molecule has 0 aliphatic heterocycles. The molecule has 0 fully saturated rings. The van der Waals surface area contributed by atoms with Gasteiger partial charge in [-0.3, -0.25) is 4.79 Å². The lowest BCUT2D eigenvalue weighted by atomic mass is 10.4. The van der Waals surface area contributed by atoms with Gasteiger partial charge in [-0.2, -0.15) is 0 Å². The molecule has 36 valence electrons. The minimum atomic E-state index is -0.0158. The van der Waals surface area contributed by atoms with Gasteiger partial charge in [-0.15, -0.1) is 6.42 Å². The van der Waals surface area contributed by atoms with Crippen LogP contribution < -0.4 is 0 Å². The molecule has 0 bridgehead atoms. The molecule has 0 aliphatic rings. The van der Waals surface area contributed by atoms with Crippen LogP contribution in [0.15, 0.2) is 12.2 Å². The first-order chi connectivity index (χ1) is 3.27. The van der Waals surface area contributed by atoms with Crippen molar-refractivity contribution in [1.29, 1.82) is 0 Å². The molecule has 0 saturated heterocycles. The van der Waals surface area contributed by atoms with Crippen molar-refractivity contribution in [1.82, 2.24) is 0 Å². The van der Waals surface area contributed by atoms with Gasteiger partial charge in [0.25, 0.3) is 0 Å². The molecular weight excluding hydrogens is 88.1 g/mol. The third-order valence-corrected chi connectivity index (χ3v) is 0.414. The third-order valence-electron chi connectivity index (χ3n) is 0.414. The molecule has 0 radical (unpaired) electrons. The molecular formula is C6H6O. The van der Waals surface area contributed by atoms with Gasteiger partial charge < -0.3 is 0 Å². The van der Waals surface area contributed by atoms with Gasteiger partial charge in [0.15, 0.2) is 5.78 Å². The zero-order valence-corrected chi connectivity index (χ0v) is 4.14. The van der Waals surface area contributed by atoms with Crippen LogP contribution in [0.25, 0.3) is 0 Å². The first-order valence-corrected chi connectivity index (χ1v) is 1.90. The van der Waals surface area contributed by atoms with Gasteiger partial charge in [-0.1, -0.05) is 5.92 Å². The summed E-state index contributed by atoms with van der Waals surface area (Å²) in [6, 6.07) is 0. The first-order valence-electron chi connectivity index (χ1n) is 1.90. The number of hydrogen-bond acceptors (Lipinski definition) is 1. The number of rotatable bonds is 1. The van der Waals surface area contributed by atoms with Crippen LogP contribution in [0.2, 0.25) is 0 Å². The molecule has 0 aliphatic carbocycles. The average molecular weight is 94.1 g/mol. The highest BCUT2D eigenvalue weighted by molar-refractivity contribution is 5.87. The molecule has 0 aromatic carbocycles. The van der Waals surface area contributed by atoms with E-state index in [4.69, 9.17) is 6.42 Å². The van der Waals surface area contributed by atoms with E-state index >= 15 is 0 Å². The quantitative estimate of drug-likeness (QED) is 0.346. The molecule has 7 heavy (non-hydrogen) atoms. The fraction of sp³-hybridized carbons (Fsp3) is 0.167. The minimum absolute atomic E-state index is 0.0158. The van der Waals surface area contributed by atoms with E-state index < -0.39 is 0 Å². The average Bonchev–Trinajstić information content (AvgIpc) is 1.61. The van der Waals surface area contributed by atoms with Crippen molar-refractivity contribution in [3.8, 4) is 12.3 Å². The van der Waals surface area contributed by atoms with Crippen LogP contribution in [0.1, 0.15) is 6.92 Å². The van der Waals surface area contributed by atoms with E-state index in [1.54, 1.807) is 0 Å². The lowest BCUT2D eigenvalue weighted by Gasteiger charge is -1.68. The monoisotopic (exact) mass is 94.0 g/mol. The Morgan fingerprint density at radius 3 is 2.57 bits per heavy atom. The fourth-order valence-electron chi connectivity index (χ4n) is 0.165. The Balaban J connectivity index is 3.53. The van der Waals surface area contributed by atoms with Crippen LogP contribution in [0.3, 0.4) is 0 Å². The Hall–Kier alpha value is -1.03. The Bertz CT molecular complexity index is 126. The predicted octanol–water partition coefficient (Wildman–Crippen LogP) is 0.765. The highest BCUT2D eigenvalue weighted by Crippen LogP contribution is 1.69. The van der Waals surface area contributed by atoms with E-state index in [2.05, 4.69) is 5.92 Å². The summed E-state index contributed by atoms with van der Waals surface area (Å²) in [6.45, 7) is 1.45. The molecule has 0 aromatic heterocycles. The SMILES string of the molecule is C#C/C=C\C(C)=O. The first kappa shape index (κ1) is 5.97. The molecule has 0 saturated carbocycles. The van der Waals surface area contributed by atoms with Gasteiger partial charge in [-0.05, 0) is 19.1 Å². The van der Waals surface area contributed by atoms with Gasteiger partial charge >= 0.3 is 0 Å². The highest BCUT2D eigenvalue weighted by atomic mass is 16.1. The van der Waals surface area contributed by atoms with Gasteiger partial charge in [0.05, 0.1) is 0 Å². The van der Waals surface area contributed by atoms with Crippen molar-refractivity contribution in [3.05, 3.63) is 12.2 Å². The smallest absolute Gasteiger partial charge is 0.153 e. The maximum Gasteiger partial charge on any atom is 0.153 e. The summed E-state index contributed by atoms with van der Waals surface area (Å²) in [5, 5.41) is 0. The molecule has 1 nitrogen and oxygen atoms in total. The fourth-order valence-corrected chi connectivity index (χ4v) is 0.165. The van der Waals surface area contributed by atoms with E-state index in [-0.39, 0.29) is 5.78 Å². The number of ketones is 1. The van der Waals surface area contributed by atoms with Crippen molar-refractivity contribution in [3.63, 3.8) is 0 Å². The largest absolute Gasteiger partial charge is 0.295 e. The molecule has 0 atom stereocenters. The number of allylic oxidation sites excluding steroid dienone is 2. The summed E-state index contributed by atoms with van der Waals surface area (Å²) >= 11 is 0. The van der Waals surface area contributed by atoms with Crippen molar-refractivity contribution < 1.29 is 4.79 Å².